The Balaban J connectivity index is 3.85. The van der Waals surface area contributed by atoms with E-state index in [4.69, 9.17) is 0 Å². The van der Waals surface area contributed by atoms with Crippen LogP contribution in [0.4, 0.5) is 0 Å². The number of amides is 1. The molecule has 0 saturated heterocycles. The van der Waals surface area contributed by atoms with Crippen LogP contribution in [-0.4, -0.2) is 23.7 Å². The molecular formula is C10H19NO2. The van der Waals surface area contributed by atoms with Crippen LogP contribution in [0, 0.1) is 5.92 Å². The topological polar surface area (TPSA) is 49.3 Å². The lowest BCUT2D eigenvalue weighted by molar-refractivity contribution is -0.127. The lowest BCUT2D eigenvalue weighted by Crippen LogP contribution is -2.35. The summed E-state index contributed by atoms with van der Waals surface area (Å²) in [7, 11) is 0. The summed E-state index contributed by atoms with van der Waals surface area (Å²) in [5.74, 6) is -0.444. The zero-order valence-electron chi connectivity index (χ0n) is 8.42. The molecule has 0 aromatic carbocycles. The summed E-state index contributed by atoms with van der Waals surface area (Å²) >= 11 is 0. The highest BCUT2D eigenvalue weighted by atomic mass is 16.3. The first-order chi connectivity index (χ1) is 6.13. The molecule has 3 nitrogen and oxygen atoms in total. The van der Waals surface area contributed by atoms with Crippen LogP contribution in [0.15, 0.2) is 12.7 Å². The second-order valence-corrected chi connectivity index (χ2v) is 3.18. The smallest absolute Gasteiger partial charge is 0.225 e. The normalized spacial score (nSPS) is 14.7. The molecule has 0 bridgehead atoms. The van der Waals surface area contributed by atoms with Crippen molar-refractivity contribution in [2.24, 2.45) is 5.92 Å². The van der Waals surface area contributed by atoms with Gasteiger partial charge >= 0.3 is 0 Å². The monoisotopic (exact) mass is 185 g/mol. The predicted molar refractivity (Wildman–Crippen MR) is 53.3 cm³/mol. The minimum absolute atomic E-state index is 0.110. The Labute approximate surface area is 79.8 Å². The Bertz CT molecular complexity index is 168. The summed E-state index contributed by atoms with van der Waals surface area (Å²) in [5.41, 5.74) is 0. The van der Waals surface area contributed by atoms with Gasteiger partial charge in [-0.05, 0) is 6.42 Å². The average Bonchev–Trinajstić information content (AvgIpc) is 2.13. The summed E-state index contributed by atoms with van der Waals surface area (Å²) in [5, 5.41) is 12.2. The molecule has 0 aliphatic carbocycles. The van der Waals surface area contributed by atoms with E-state index in [2.05, 4.69) is 11.9 Å². The summed E-state index contributed by atoms with van der Waals surface area (Å²) in [6, 6.07) is 0. The lowest BCUT2D eigenvalue weighted by Gasteiger charge is -2.17. The zero-order valence-corrected chi connectivity index (χ0v) is 8.42. The van der Waals surface area contributed by atoms with Gasteiger partial charge in [-0.2, -0.15) is 0 Å². The molecule has 2 N–H and O–H groups in total. The Hall–Kier alpha value is -0.830. The van der Waals surface area contributed by atoms with Crippen molar-refractivity contribution < 1.29 is 9.90 Å². The van der Waals surface area contributed by atoms with Gasteiger partial charge in [0.25, 0.3) is 0 Å². The molecule has 2 atom stereocenters. The number of hydrogen-bond acceptors (Lipinski definition) is 2. The van der Waals surface area contributed by atoms with Crippen LogP contribution in [0.3, 0.4) is 0 Å². The van der Waals surface area contributed by atoms with Crippen molar-refractivity contribution in [1.82, 2.24) is 5.32 Å². The van der Waals surface area contributed by atoms with Crippen LogP contribution in [0.1, 0.15) is 26.7 Å². The maximum atomic E-state index is 11.3. The van der Waals surface area contributed by atoms with E-state index in [1.54, 1.807) is 13.0 Å². The van der Waals surface area contributed by atoms with Crippen molar-refractivity contribution in [3.05, 3.63) is 12.7 Å². The lowest BCUT2D eigenvalue weighted by atomic mass is 10.00. The highest BCUT2D eigenvalue weighted by molar-refractivity contribution is 5.78. The van der Waals surface area contributed by atoms with Crippen LogP contribution >= 0.6 is 0 Å². The largest absolute Gasteiger partial charge is 0.392 e. The third kappa shape index (κ3) is 4.68. The molecule has 0 spiro atoms. The van der Waals surface area contributed by atoms with Crippen molar-refractivity contribution in [2.75, 3.05) is 6.54 Å². The van der Waals surface area contributed by atoms with E-state index in [1.807, 2.05) is 6.92 Å². The SMILES string of the molecule is C=CCNC(=O)[C@H](C)[C@@H](O)CCC. The van der Waals surface area contributed by atoms with Crippen LogP contribution < -0.4 is 5.32 Å². The van der Waals surface area contributed by atoms with E-state index in [0.717, 1.165) is 6.42 Å². The second-order valence-electron chi connectivity index (χ2n) is 3.18. The van der Waals surface area contributed by atoms with Crippen LogP contribution in [-0.2, 0) is 4.79 Å². The van der Waals surface area contributed by atoms with Gasteiger partial charge in [0.2, 0.25) is 5.91 Å². The van der Waals surface area contributed by atoms with E-state index in [1.165, 1.54) is 0 Å². The highest BCUT2D eigenvalue weighted by Gasteiger charge is 2.20. The van der Waals surface area contributed by atoms with Gasteiger partial charge in [0.1, 0.15) is 0 Å². The fraction of sp³-hybridized carbons (Fsp3) is 0.700. The molecule has 76 valence electrons. The van der Waals surface area contributed by atoms with Crippen molar-refractivity contribution in [2.45, 2.75) is 32.8 Å². The number of aliphatic hydroxyl groups is 1. The first kappa shape index (κ1) is 12.2. The molecule has 0 unspecified atom stereocenters. The predicted octanol–water partition coefficient (Wildman–Crippen LogP) is 1.09. The highest BCUT2D eigenvalue weighted by Crippen LogP contribution is 2.08. The number of carbonyl (C=O) groups is 1. The summed E-state index contributed by atoms with van der Waals surface area (Å²) < 4.78 is 0. The Morgan fingerprint density at radius 3 is 2.77 bits per heavy atom. The van der Waals surface area contributed by atoms with Crippen molar-refractivity contribution >= 4 is 5.91 Å². The maximum absolute atomic E-state index is 11.3. The van der Waals surface area contributed by atoms with Gasteiger partial charge in [-0.1, -0.05) is 26.3 Å². The van der Waals surface area contributed by atoms with E-state index < -0.39 is 6.10 Å². The number of carbonyl (C=O) groups excluding carboxylic acids is 1. The summed E-state index contributed by atoms with van der Waals surface area (Å²) in [6.07, 6.45) is 2.65. The summed E-state index contributed by atoms with van der Waals surface area (Å²) in [6.45, 7) is 7.67. The molecule has 13 heavy (non-hydrogen) atoms. The molecule has 0 aromatic rings. The van der Waals surface area contributed by atoms with Crippen molar-refractivity contribution in [1.29, 1.82) is 0 Å². The van der Waals surface area contributed by atoms with E-state index in [-0.39, 0.29) is 11.8 Å². The van der Waals surface area contributed by atoms with E-state index in [0.29, 0.717) is 13.0 Å². The molecule has 0 aliphatic rings. The fourth-order valence-corrected chi connectivity index (χ4v) is 1.05. The van der Waals surface area contributed by atoms with Gasteiger partial charge < -0.3 is 10.4 Å². The molecule has 0 fully saturated rings. The molecule has 1 amide bonds. The van der Waals surface area contributed by atoms with Crippen molar-refractivity contribution in [3.63, 3.8) is 0 Å². The number of rotatable bonds is 6. The third-order valence-electron chi connectivity index (χ3n) is 2.00. The molecule has 3 heteroatoms. The Morgan fingerprint density at radius 1 is 1.69 bits per heavy atom. The Morgan fingerprint density at radius 2 is 2.31 bits per heavy atom. The van der Waals surface area contributed by atoms with E-state index >= 15 is 0 Å². The van der Waals surface area contributed by atoms with E-state index in [9.17, 15) is 9.90 Å². The molecule has 0 radical (unpaired) electrons. The maximum Gasteiger partial charge on any atom is 0.225 e. The molecule has 0 aliphatic heterocycles. The average molecular weight is 185 g/mol. The third-order valence-corrected chi connectivity index (χ3v) is 2.00. The minimum Gasteiger partial charge on any atom is -0.392 e. The first-order valence-electron chi connectivity index (χ1n) is 4.70. The van der Waals surface area contributed by atoms with Gasteiger partial charge in [-0.3, -0.25) is 4.79 Å². The number of aliphatic hydroxyl groups excluding tert-OH is 1. The molecular weight excluding hydrogens is 166 g/mol. The van der Waals surface area contributed by atoms with Gasteiger partial charge in [-0.25, -0.2) is 0 Å². The zero-order chi connectivity index (χ0) is 10.3. The number of hydrogen-bond donors (Lipinski definition) is 2. The van der Waals surface area contributed by atoms with Crippen LogP contribution in [0.25, 0.3) is 0 Å². The quantitative estimate of drug-likeness (QED) is 0.608. The second kappa shape index (κ2) is 6.66. The van der Waals surface area contributed by atoms with Crippen molar-refractivity contribution in [3.8, 4) is 0 Å². The minimum atomic E-state index is -0.533. The standard InChI is InChI=1S/C10H19NO2/c1-4-6-9(12)8(3)10(13)11-7-5-2/h5,8-9,12H,2,4,6-7H2,1,3H3,(H,11,13)/t8-,9+/m1/s1. The summed E-state index contributed by atoms with van der Waals surface area (Å²) in [4.78, 5) is 11.3. The molecule has 0 saturated carbocycles. The van der Waals surface area contributed by atoms with Crippen LogP contribution in [0.5, 0.6) is 0 Å². The van der Waals surface area contributed by atoms with Gasteiger partial charge in [0.15, 0.2) is 0 Å². The fourth-order valence-electron chi connectivity index (χ4n) is 1.05. The van der Waals surface area contributed by atoms with Gasteiger partial charge in [0, 0.05) is 6.54 Å². The van der Waals surface area contributed by atoms with Crippen LogP contribution in [0.2, 0.25) is 0 Å². The molecule has 0 rings (SSSR count). The molecule has 0 heterocycles. The molecule has 0 aromatic heterocycles. The first-order valence-corrected chi connectivity index (χ1v) is 4.70. The Kier molecular flexibility index (Phi) is 6.24. The van der Waals surface area contributed by atoms with Gasteiger partial charge in [0.05, 0.1) is 12.0 Å². The van der Waals surface area contributed by atoms with Gasteiger partial charge in [-0.15, -0.1) is 6.58 Å². The number of nitrogens with one attached hydrogen (secondary N) is 1.